The van der Waals surface area contributed by atoms with Crippen LogP contribution in [0.2, 0.25) is 0 Å². The molecule has 64 heavy (non-hydrogen) atoms. The lowest BCUT2D eigenvalue weighted by atomic mass is 9.94. The van der Waals surface area contributed by atoms with Crippen molar-refractivity contribution in [1.29, 1.82) is 0 Å². The van der Waals surface area contributed by atoms with Gasteiger partial charge in [0, 0.05) is 41.2 Å². The minimum absolute atomic E-state index is 0.0414. The monoisotopic (exact) mass is 904 g/mol. The predicted octanol–water partition coefficient (Wildman–Crippen LogP) is 2.62. The predicted molar refractivity (Wildman–Crippen MR) is 214 cm³/mol. The van der Waals surface area contributed by atoms with Crippen LogP contribution in [0.25, 0.3) is 0 Å². The van der Waals surface area contributed by atoms with Crippen molar-refractivity contribution < 1.29 is 95.1 Å². The van der Waals surface area contributed by atoms with Crippen molar-refractivity contribution >= 4 is 35.8 Å². The summed E-state index contributed by atoms with van der Waals surface area (Å²) in [4.78, 5) is 76.9. The summed E-state index contributed by atoms with van der Waals surface area (Å²) < 4.78 is 83.5. The average molecular weight is 905 g/mol. The summed E-state index contributed by atoms with van der Waals surface area (Å²) in [6.07, 6.45) is -18.3. The second-order valence-electron chi connectivity index (χ2n) is 15.2. The molecule has 20 heteroatoms. The molecule has 0 bridgehead atoms. The first-order valence-electron chi connectivity index (χ1n) is 20.5. The van der Waals surface area contributed by atoms with E-state index in [0.29, 0.717) is 0 Å². The zero-order chi connectivity index (χ0) is 46.7. The smallest absolute Gasteiger partial charge is 0.366 e. The first kappa shape index (κ1) is 49.9. The number of hydrogen-bond donors (Lipinski definition) is 0. The number of rotatable bonds is 18. The van der Waals surface area contributed by atoms with Crippen molar-refractivity contribution in [2.45, 2.75) is 147 Å². The van der Waals surface area contributed by atoms with E-state index in [9.17, 15) is 28.8 Å². The van der Waals surface area contributed by atoms with Gasteiger partial charge in [0.25, 0.3) is 5.79 Å². The van der Waals surface area contributed by atoms with E-state index in [0.717, 1.165) is 46.1 Å². The molecule has 5 rings (SSSR count). The van der Waals surface area contributed by atoms with Crippen LogP contribution in [0.1, 0.15) is 59.1 Å². The fourth-order valence-corrected chi connectivity index (χ4v) is 7.74. The Hall–Kier alpha value is -5.06. The molecule has 2 aromatic rings. The van der Waals surface area contributed by atoms with Crippen molar-refractivity contribution in [3.05, 3.63) is 71.8 Å². The van der Waals surface area contributed by atoms with E-state index in [1.54, 1.807) is 43.3 Å². The van der Waals surface area contributed by atoms with Gasteiger partial charge in [-0.2, -0.15) is 0 Å². The molecule has 0 spiro atoms. The van der Waals surface area contributed by atoms with Gasteiger partial charge >= 0.3 is 35.8 Å². The maximum atomic E-state index is 13.7. The van der Waals surface area contributed by atoms with Crippen LogP contribution < -0.4 is 0 Å². The van der Waals surface area contributed by atoms with Gasteiger partial charge in [-0.05, 0) is 25.0 Å². The summed E-state index contributed by atoms with van der Waals surface area (Å²) in [6.45, 7) is 7.58. The third-order valence-corrected chi connectivity index (χ3v) is 10.5. The van der Waals surface area contributed by atoms with Gasteiger partial charge in [-0.25, -0.2) is 9.59 Å². The quantitative estimate of drug-likeness (QED) is 0.155. The third-order valence-electron chi connectivity index (χ3n) is 10.5. The van der Waals surface area contributed by atoms with Crippen LogP contribution in [0.15, 0.2) is 60.7 Å². The van der Waals surface area contributed by atoms with Crippen molar-refractivity contribution in [2.24, 2.45) is 0 Å². The highest BCUT2D eigenvalue weighted by atomic mass is 16.8. The van der Waals surface area contributed by atoms with Gasteiger partial charge in [-0.3, -0.25) is 19.2 Å². The van der Waals surface area contributed by atoms with E-state index < -0.39 is 121 Å². The maximum Gasteiger partial charge on any atom is 0.366 e. The Balaban J connectivity index is 1.63. The topological polar surface area (TPSA) is 232 Å². The first-order valence-corrected chi connectivity index (χ1v) is 20.5. The van der Waals surface area contributed by atoms with Crippen molar-refractivity contribution in [3.63, 3.8) is 0 Å². The molecule has 14 atom stereocenters. The Morgan fingerprint density at radius 3 is 1.70 bits per heavy atom. The first-order chi connectivity index (χ1) is 30.5. The molecule has 3 fully saturated rings. The van der Waals surface area contributed by atoms with Crippen LogP contribution >= 0.6 is 0 Å². The van der Waals surface area contributed by atoms with E-state index in [1.807, 2.05) is 24.3 Å². The third kappa shape index (κ3) is 12.4. The molecular formula is C44H56O20. The molecule has 352 valence electrons. The molecule has 0 amide bonds. The standard InChI is InChI=1S/C44H56O20/c1-23(56-25(3)45)32-35(55-22-30-18-14-11-15-19-30)38(63-41-39(60-28(6)48)36(59-27(5)47)33(24(2)57-41)58-26(4)46)42(61-32)62-34-31(54-21-29-16-12-10-13-17-29)20-44(53-9,43(50)52-8)64-37(34)40(49)51-7/h10-19,23-24,31-39,41-42H,20-22H2,1-9H3/t23-,24-,31+,32-,33+,34+,35+,36+,37-,38+,39+,41-,42-,44+/m0/s1. The Labute approximate surface area is 370 Å². The second kappa shape index (κ2) is 22.7. The maximum absolute atomic E-state index is 13.7. The summed E-state index contributed by atoms with van der Waals surface area (Å²) in [6, 6.07) is 18.1. The van der Waals surface area contributed by atoms with E-state index in [2.05, 4.69) is 0 Å². The van der Waals surface area contributed by atoms with Crippen LogP contribution in [0.5, 0.6) is 0 Å². The molecule has 3 aliphatic heterocycles. The Bertz CT molecular complexity index is 1900. The largest absolute Gasteiger partial charge is 0.467 e. The minimum atomic E-state index is -2.18. The molecule has 0 N–H and O–H groups in total. The van der Waals surface area contributed by atoms with E-state index in [4.69, 9.17) is 66.3 Å². The lowest BCUT2D eigenvalue weighted by molar-refractivity contribution is -0.346. The molecule has 3 aliphatic rings. The Morgan fingerprint density at radius 1 is 0.641 bits per heavy atom. The number of esters is 6. The molecule has 2 aromatic carbocycles. The molecule has 20 nitrogen and oxygen atoms in total. The van der Waals surface area contributed by atoms with Gasteiger partial charge in [0.1, 0.15) is 30.5 Å². The lowest BCUT2D eigenvalue weighted by Crippen LogP contribution is -2.64. The summed E-state index contributed by atoms with van der Waals surface area (Å²) in [7, 11) is 3.42. The molecule has 0 aliphatic carbocycles. The van der Waals surface area contributed by atoms with E-state index in [-0.39, 0.29) is 19.6 Å². The summed E-state index contributed by atoms with van der Waals surface area (Å²) >= 11 is 0. The van der Waals surface area contributed by atoms with Crippen molar-refractivity contribution in [3.8, 4) is 0 Å². The fraction of sp³-hybridized carbons (Fsp3) is 0.591. The molecular weight excluding hydrogens is 848 g/mol. The zero-order valence-electron chi connectivity index (χ0n) is 37.1. The van der Waals surface area contributed by atoms with Gasteiger partial charge in [-0.15, -0.1) is 0 Å². The number of ether oxygens (including phenoxy) is 14. The van der Waals surface area contributed by atoms with E-state index in [1.165, 1.54) is 21.0 Å². The fourth-order valence-electron chi connectivity index (χ4n) is 7.74. The van der Waals surface area contributed by atoms with Gasteiger partial charge in [0.05, 0.1) is 39.6 Å². The molecule has 0 saturated carbocycles. The molecule has 0 unspecified atom stereocenters. The number of benzene rings is 2. The van der Waals surface area contributed by atoms with Crippen molar-refractivity contribution in [2.75, 3.05) is 21.3 Å². The van der Waals surface area contributed by atoms with Crippen LogP contribution in [-0.4, -0.2) is 143 Å². The number of carbonyl (C=O) groups is 6. The summed E-state index contributed by atoms with van der Waals surface area (Å²) in [5.74, 6) is -7.19. The van der Waals surface area contributed by atoms with E-state index >= 15 is 0 Å². The number of hydrogen-bond acceptors (Lipinski definition) is 20. The minimum Gasteiger partial charge on any atom is -0.467 e. The van der Waals surface area contributed by atoms with Crippen molar-refractivity contribution in [1.82, 2.24) is 0 Å². The normalized spacial score (nSPS) is 31.8. The summed E-state index contributed by atoms with van der Waals surface area (Å²) in [5.41, 5.74) is 1.45. The Kier molecular flexibility index (Phi) is 17.7. The van der Waals surface area contributed by atoms with Gasteiger partial charge in [0.2, 0.25) is 0 Å². The highest BCUT2D eigenvalue weighted by molar-refractivity contribution is 5.81. The van der Waals surface area contributed by atoms with Crippen LogP contribution in [0.3, 0.4) is 0 Å². The highest BCUT2D eigenvalue weighted by Gasteiger charge is 2.61. The average Bonchev–Trinajstić information content (AvgIpc) is 3.60. The van der Waals surface area contributed by atoms with Crippen LogP contribution in [-0.2, 0) is 108 Å². The highest BCUT2D eigenvalue weighted by Crippen LogP contribution is 2.41. The molecule has 3 heterocycles. The van der Waals surface area contributed by atoms with Gasteiger partial charge in [-0.1, -0.05) is 60.7 Å². The zero-order valence-corrected chi connectivity index (χ0v) is 37.1. The van der Waals surface area contributed by atoms with Crippen LogP contribution in [0.4, 0.5) is 0 Å². The summed E-state index contributed by atoms with van der Waals surface area (Å²) in [5, 5.41) is 0. The second-order valence-corrected chi connectivity index (χ2v) is 15.2. The molecule has 0 radical (unpaired) electrons. The molecule has 0 aromatic heterocycles. The van der Waals surface area contributed by atoms with Gasteiger partial charge < -0.3 is 66.3 Å². The van der Waals surface area contributed by atoms with Crippen LogP contribution in [0, 0.1) is 0 Å². The SMILES string of the molecule is COC(=O)[C@H]1O[C@@](OC)(C(=O)OC)C[C@@H](OCc2ccccc2)[C@H]1O[C@@H]1O[C@@H]([C@H](C)OC(C)=O)[C@@H](OCc2ccccc2)[C@H]1O[C@@H]1O[C@@H](C)[C@@H](OC(C)=O)[C@@H](OC(C)=O)[C@H]1OC(C)=O. The Morgan fingerprint density at radius 2 is 1.17 bits per heavy atom. The number of methoxy groups -OCH3 is 3. The lowest BCUT2D eigenvalue weighted by Gasteiger charge is -2.46. The number of carbonyl (C=O) groups excluding carboxylic acids is 6. The molecule has 3 saturated heterocycles. The van der Waals surface area contributed by atoms with Gasteiger partial charge in [0.15, 0.2) is 37.0 Å².